The van der Waals surface area contributed by atoms with Crippen LogP contribution in [0.3, 0.4) is 0 Å². The molecule has 0 saturated carbocycles. The molecular formula is C29H40FN3O4Si. The molecule has 1 N–H and O–H groups in total. The number of nitrogens with zero attached hydrogens (tertiary/aromatic N) is 3. The van der Waals surface area contributed by atoms with Crippen LogP contribution < -0.4 is 9.33 Å². The summed E-state index contributed by atoms with van der Waals surface area (Å²) in [6.07, 6.45) is 0.501. The van der Waals surface area contributed by atoms with E-state index in [-0.39, 0.29) is 10.6 Å². The number of ether oxygens (including phenoxy) is 1. The van der Waals surface area contributed by atoms with Crippen LogP contribution >= 0.6 is 0 Å². The molecule has 0 radical (unpaired) electrons. The van der Waals surface area contributed by atoms with Gasteiger partial charge in [-0.15, -0.1) is 0 Å². The van der Waals surface area contributed by atoms with Crippen molar-refractivity contribution in [2.24, 2.45) is 0 Å². The van der Waals surface area contributed by atoms with Crippen LogP contribution in [0.5, 0.6) is 5.75 Å². The zero-order valence-electron chi connectivity index (χ0n) is 23.8. The van der Waals surface area contributed by atoms with Crippen LogP contribution in [-0.2, 0) is 4.74 Å². The first-order chi connectivity index (χ1) is 17.6. The van der Waals surface area contributed by atoms with Crippen molar-refractivity contribution in [1.29, 1.82) is 0 Å². The zero-order chi connectivity index (χ0) is 28.0. The van der Waals surface area contributed by atoms with Gasteiger partial charge in [-0.3, -0.25) is 0 Å². The molecule has 0 bridgehead atoms. The maximum Gasteiger partial charge on any atom is 0.419 e. The van der Waals surface area contributed by atoms with Gasteiger partial charge < -0.3 is 19.2 Å². The molecule has 7 nitrogen and oxygen atoms in total. The normalized spacial score (nSPS) is 17.1. The molecule has 1 aliphatic heterocycles. The lowest BCUT2D eigenvalue weighted by Gasteiger charge is -2.36. The smallest absolute Gasteiger partial charge is 0.419 e. The molecule has 1 saturated heterocycles. The predicted molar refractivity (Wildman–Crippen MR) is 152 cm³/mol. The number of hydrogen-bond donors (Lipinski definition) is 1. The monoisotopic (exact) mass is 541 g/mol. The number of anilines is 1. The van der Waals surface area contributed by atoms with Gasteiger partial charge in [0.25, 0.3) is 0 Å². The fourth-order valence-electron chi connectivity index (χ4n) is 4.36. The molecule has 1 aromatic carbocycles. The number of aliphatic hydroxyl groups excluding tert-OH is 1. The largest absolute Gasteiger partial charge is 0.543 e. The number of β-amino-alcohol motifs (C(OH)–C–C–N with tert-alkyl or cyclic N) is 1. The highest BCUT2D eigenvalue weighted by Gasteiger charge is 2.39. The highest BCUT2D eigenvalue weighted by molar-refractivity contribution is 6.74. The van der Waals surface area contributed by atoms with Crippen molar-refractivity contribution in [3.63, 3.8) is 0 Å². The van der Waals surface area contributed by atoms with E-state index < -0.39 is 32.1 Å². The van der Waals surface area contributed by atoms with Crippen LogP contribution in [0.1, 0.15) is 54.4 Å². The highest BCUT2D eigenvalue weighted by atomic mass is 28.4. The Labute approximate surface area is 225 Å². The Morgan fingerprint density at radius 3 is 2.42 bits per heavy atom. The second-order valence-corrected chi connectivity index (χ2v) is 17.4. The summed E-state index contributed by atoms with van der Waals surface area (Å²) in [5.74, 6) is 0.498. The zero-order valence-corrected chi connectivity index (χ0v) is 24.8. The Morgan fingerprint density at radius 2 is 1.82 bits per heavy atom. The summed E-state index contributed by atoms with van der Waals surface area (Å²) in [4.78, 5) is 19.5. The van der Waals surface area contributed by atoms with E-state index in [0.717, 1.165) is 24.0 Å². The molecule has 2 aromatic heterocycles. The van der Waals surface area contributed by atoms with E-state index >= 15 is 4.39 Å². The summed E-state index contributed by atoms with van der Waals surface area (Å²) >= 11 is 0. The fourth-order valence-corrected chi connectivity index (χ4v) is 5.38. The van der Waals surface area contributed by atoms with Gasteiger partial charge in [-0.05, 0) is 88.1 Å². The van der Waals surface area contributed by atoms with Crippen molar-refractivity contribution in [2.45, 2.75) is 84.2 Å². The molecular weight excluding hydrogens is 501 g/mol. The van der Waals surface area contributed by atoms with Crippen LogP contribution in [0.15, 0.2) is 36.4 Å². The van der Waals surface area contributed by atoms with E-state index in [9.17, 15) is 9.90 Å². The molecule has 9 heteroatoms. The molecule has 3 heterocycles. The van der Waals surface area contributed by atoms with Crippen LogP contribution in [0, 0.1) is 5.95 Å². The van der Waals surface area contributed by atoms with Gasteiger partial charge in [-0.25, -0.2) is 14.3 Å². The Balaban J connectivity index is 1.79. The number of fused-ring (bicyclic) bond motifs is 1. The standard InChI is InChI=1S/C29H40FN3O4Si/c1-28(2,3)36-27(35)33-23-13-11-21(37-38(7,8)29(4,5)6)16-19(23)17-24(33)22-12-14-25(31-26(22)30)32-15-9-10-20(34)18-32/h11-14,16-17,20,34H,9-10,15,18H2,1-8H3/t20-/m1/s1. The van der Waals surface area contributed by atoms with Crippen molar-refractivity contribution in [3.05, 3.63) is 42.3 Å². The van der Waals surface area contributed by atoms with Crippen molar-refractivity contribution in [1.82, 2.24) is 9.55 Å². The average Bonchev–Trinajstić information content (AvgIpc) is 3.15. The molecule has 3 aromatic rings. The van der Waals surface area contributed by atoms with Gasteiger partial charge in [-0.1, -0.05) is 20.8 Å². The minimum Gasteiger partial charge on any atom is -0.543 e. The van der Waals surface area contributed by atoms with Gasteiger partial charge in [0.2, 0.25) is 14.3 Å². The first-order valence-corrected chi connectivity index (χ1v) is 16.1. The number of carbonyl (C=O) groups is 1. The average molecular weight is 542 g/mol. The maximum atomic E-state index is 15.5. The summed E-state index contributed by atoms with van der Waals surface area (Å²) in [6.45, 7) is 17.4. The second-order valence-electron chi connectivity index (χ2n) is 12.7. The lowest BCUT2D eigenvalue weighted by molar-refractivity contribution is 0.0547. The highest BCUT2D eigenvalue weighted by Crippen LogP contribution is 2.39. The van der Waals surface area contributed by atoms with Crippen LogP contribution in [0.2, 0.25) is 18.1 Å². The van der Waals surface area contributed by atoms with Crippen LogP contribution in [-0.4, -0.2) is 53.9 Å². The molecule has 0 unspecified atom stereocenters. The third-order valence-electron chi connectivity index (χ3n) is 7.36. The Hall–Kier alpha value is -2.91. The van der Waals surface area contributed by atoms with E-state index in [0.29, 0.717) is 30.1 Å². The Kier molecular flexibility index (Phi) is 7.40. The number of carbonyl (C=O) groups excluding carboxylic acids is 1. The number of rotatable bonds is 4. The van der Waals surface area contributed by atoms with Gasteiger partial charge in [-0.2, -0.15) is 4.39 Å². The van der Waals surface area contributed by atoms with E-state index in [4.69, 9.17) is 9.16 Å². The topological polar surface area (TPSA) is 76.8 Å². The Bertz CT molecular complexity index is 1340. The van der Waals surface area contributed by atoms with E-state index in [1.54, 1.807) is 39.0 Å². The van der Waals surface area contributed by atoms with E-state index in [1.807, 2.05) is 23.1 Å². The number of pyridine rings is 1. The first-order valence-electron chi connectivity index (χ1n) is 13.2. The molecule has 1 atom stereocenters. The van der Waals surface area contributed by atoms with Crippen molar-refractivity contribution in [3.8, 4) is 17.0 Å². The SMILES string of the molecule is CC(C)(C)OC(=O)n1c(-c2ccc(N3CCC[C@@H](O)C3)nc2F)cc2cc(O[Si](C)(C)C(C)(C)C)ccc21. The number of aliphatic hydroxyl groups is 1. The third kappa shape index (κ3) is 5.88. The van der Waals surface area contributed by atoms with Gasteiger partial charge in [0.1, 0.15) is 17.2 Å². The quantitative estimate of drug-likeness (QED) is 0.284. The van der Waals surface area contributed by atoms with Gasteiger partial charge in [0.05, 0.1) is 22.9 Å². The van der Waals surface area contributed by atoms with Gasteiger partial charge in [0, 0.05) is 18.5 Å². The molecule has 4 rings (SSSR count). The van der Waals surface area contributed by atoms with Gasteiger partial charge >= 0.3 is 6.09 Å². The minimum atomic E-state index is -2.09. The fraction of sp³-hybridized carbons (Fsp3) is 0.517. The number of aromatic nitrogens is 2. The van der Waals surface area contributed by atoms with Crippen molar-refractivity contribution >= 4 is 31.1 Å². The predicted octanol–water partition coefficient (Wildman–Crippen LogP) is 6.97. The molecule has 38 heavy (non-hydrogen) atoms. The molecule has 1 aliphatic rings. The van der Waals surface area contributed by atoms with Crippen LogP contribution in [0.4, 0.5) is 15.0 Å². The number of benzene rings is 1. The van der Waals surface area contributed by atoms with E-state index in [1.165, 1.54) is 4.57 Å². The molecule has 1 fully saturated rings. The summed E-state index contributed by atoms with van der Waals surface area (Å²) < 4.78 is 29.1. The summed E-state index contributed by atoms with van der Waals surface area (Å²) in [5, 5.41) is 10.8. The number of piperidine rings is 1. The summed E-state index contributed by atoms with van der Waals surface area (Å²) in [7, 11) is -2.09. The lowest BCUT2D eigenvalue weighted by Crippen LogP contribution is -2.43. The van der Waals surface area contributed by atoms with E-state index in [2.05, 4.69) is 38.8 Å². The molecule has 206 valence electrons. The number of halogens is 1. The molecule has 0 aliphatic carbocycles. The maximum absolute atomic E-state index is 15.5. The first kappa shape index (κ1) is 28.1. The van der Waals surface area contributed by atoms with Gasteiger partial charge in [0.15, 0.2) is 0 Å². The number of hydrogen-bond acceptors (Lipinski definition) is 6. The molecule has 0 amide bonds. The van der Waals surface area contributed by atoms with Crippen LogP contribution in [0.25, 0.3) is 22.2 Å². The second kappa shape index (κ2) is 10.0. The third-order valence-corrected chi connectivity index (χ3v) is 11.7. The minimum absolute atomic E-state index is 0.0243. The summed E-state index contributed by atoms with van der Waals surface area (Å²) in [5.41, 5.74) is 0.417. The Morgan fingerprint density at radius 1 is 1.11 bits per heavy atom. The summed E-state index contributed by atoms with van der Waals surface area (Å²) in [6, 6.07) is 10.7. The van der Waals surface area contributed by atoms with Crippen molar-refractivity contribution in [2.75, 3.05) is 18.0 Å². The molecule has 0 spiro atoms. The van der Waals surface area contributed by atoms with Crippen molar-refractivity contribution < 1.29 is 23.5 Å². The lowest BCUT2D eigenvalue weighted by atomic mass is 10.1.